The van der Waals surface area contributed by atoms with Crippen molar-refractivity contribution in [3.8, 4) is 22.6 Å². The summed E-state index contributed by atoms with van der Waals surface area (Å²) in [6.45, 7) is 0. The third-order valence-electron chi connectivity index (χ3n) is 7.08. The van der Waals surface area contributed by atoms with Gasteiger partial charge in [-0.2, -0.15) is 27.1 Å². The summed E-state index contributed by atoms with van der Waals surface area (Å²) in [5, 5.41) is 38.9. The average molecular weight is 655 g/mol. The van der Waals surface area contributed by atoms with Crippen LogP contribution in [0.15, 0.2) is 139 Å². The van der Waals surface area contributed by atoms with Gasteiger partial charge in [0.2, 0.25) is 0 Å². The summed E-state index contributed by atoms with van der Waals surface area (Å²) >= 11 is 0. The van der Waals surface area contributed by atoms with Crippen molar-refractivity contribution in [1.29, 1.82) is 0 Å². The summed E-state index contributed by atoms with van der Waals surface area (Å²) < 4.78 is 67.4. The first-order valence-corrected chi connectivity index (χ1v) is 16.3. The molecule has 230 valence electrons. The van der Waals surface area contributed by atoms with E-state index in [1.54, 1.807) is 97.1 Å². The summed E-state index contributed by atoms with van der Waals surface area (Å²) in [6, 6.07) is 28.9. The summed E-state index contributed by atoms with van der Waals surface area (Å²) in [7, 11) is -9.43. The van der Waals surface area contributed by atoms with Crippen LogP contribution in [0.1, 0.15) is 0 Å². The smallest absolute Gasteiger partial charge is 0.296 e. The third kappa shape index (κ3) is 6.05. The van der Waals surface area contributed by atoms with Crippen LogP contribution < -0.4 is 0 Å². The van der Waals surface area contributed by atoms with Gasteiger partial charge in [-0.3, -0.25) is 9.11 Å². The first-order valence-electron chi connectivity index (χ1n) is 13.4. The number of azo groups is 2. The van der Waals surface area contributed by atoms with E-state index < -0.39 is 52.9 Å². The van der Waals surface area contributed by atoms with Crippen LogP contribution in [0.5, 0.6) is 11.5 Å². The maximum absolute atomic E-state index is 12.0. The summed E-state index contributed by atoms with van der Waals surface area (Å²) in [5.74, 6) is -0.873. The molecule has 6 aromatic rings. The number of phenols is 2. The van der Waals surface area contributed by atoms with E-state index in [9.17, 15) is 36.2 Å². The predicted octanol–water partition coefficient (Wildman–Crippen LogP) is 8.40. The van der Waals surface area contributed by atoms with Crippen LogP contribution in [0.3, 0.4) is 0 Å². The van der Waals surface area contributed by atoms with Gasteiger partial charge in [-0.05, 0) is 58.3 Å². The molecule has 0 heterocycles. The van der Waals surface area contributed by atoms with Crippen molar-refractivity contribution in [2.24, 2.45) is 20.5 Å². The van der Waals surface area contributed by atoms with Gasteiger partial charge in [0.1, 0.15) is 21.2 Å². The fraction of sp³-hybridized carbons (Fsp3) is 0. The van der Waals surface area contributed by atoms with Gasteiger partial charge in [0.15, 0.2) is 11.5 Å². The van der Waals surface area contributed by atoms with Crippen molar-refractivity contribution >= 4 is 64.5 Å². The lowest BCUT2D eigenvalue weighted by Gasteiger charge is -2.08. The normalized spacial score (nSPS) is 12.5. The molecule has 6 rings (SSSR count). The van der Waals surface area contributed by atoms with Crippen molar-refractivity contribution in [1.82, 2.24) is 0 Å². The molecule has 0 amide bonds. The topological polar surface area (TPSA) is 199 Å². The molecule has 0 aromatic heterocycles. The maximum Gasteiger partial charge on any atom is 0.296 e. The zero-order valence-corrected chi connectivity index (χ0v) is 25.1. The lowest BCUT2D eigenvalue weighted by Crippen LogP contribution is -1.99. The number of rotatable bonds is 7. The molecule has 0 unspecified atom stereocenters. The number of nitrogens with zero attached hydrogens (tertiary/aromatic N) is 4. The van der Waals surface area contributed by atoms with Gasteiger partial charge in [-0.1, -0.05) is 72.8 Å². The monoisotopic (exact) mass is 654 g/mol. The molecule has 0 atom stereocenters. The van der Waals surface area contributed by atoms with Crippen LogP contribution in [0.25, 0.3) is 32.7 Å². The van der Waals surface area contributed by atoms with Crippen LogP contribution in [0.4, 0.5) is 22.7 Å². The van der Waals surface area contributed by atoms with Gasteiger partial charge in [0.25, 0.3) is 20.2 Å². The second-order valence-electron chi connectivity index (χ2n) is 10.0. The van der Waals surface area contributed by atoms with E-state index in [4.69, 9.17) is 0 Å². The second kappa shape index (κ2) is 11.8. The Kier molecular flexibility index (Phi) is 7.79. The molecule has 0 aliphatic rings. The summed E-state index contributed by atoms with van der Waals surface area (Å²) in [5.41, 5.74) is 1.44. The molecular formula is C32H22N4O8S2. The molecule has 0 radical (unpaired) electrons. The molecule has 6 aromatic carbocycles. The van der Waals surface area contributed by atoms with Crippen LogP contribution in [-0.2, 0) is 20.2 Å². The van der Waals surface area contributed by atoms with Gasteiger partial charge in [-0.15, -0.1) is 10.2 Å². The zero-order chi connectivity index (χ0) is 32.6. The number of fused-ring (bicyclic) bond motifs is 2. The number of aromatic hydroxyl groups is 2. The third-order valence-corrected chi connectivity index (χ3v) is 8.81. The molecule has 0 aliphatic heterocycles. The first-order chi connectivity index (χ1) is 21.9. The Bertz CT molecular complexity index is 2260. The van der Waals surface area contributed by atoms with Gasteiger partial charge < -0.3 is 10.2 Å². The Morgan fingerprint density at radius 2 is 0.804 bits per heavy atom. The average Bonchev–Trinajstić information content (AvgIpc) is 3.03. The standard InChI is InChI=1S/C32H22N4O8S2/c37-31-25-7-3-1-5-21(25)17-27(45(39,40)41)29(31)35-33-23-13-9-19(10-14-23)20-11-15-24(16-12-20)34-36-30-28(46(42,43)44)18-22-6-2-4-8-26(22)32(30)38/h1-18,37-38H,(H,39,40,41)(H,42,43,44)/b35-33+,36-34+. The van der Waals surface area contributed by atoms with Gasteiger partial charge in [0, 0.05) is 10.8 Å². The lowest BCUT2D eigenvalue weighted by atomic mass is 10.1. The van der Waals surface area contributed by atoms with Gasteiger partial charge in [-0.25, -0.2) is 0 Å². The van der Waals surface area contributed by atoms with Crippen LogP contribution >= 0.6 is 0 Å². The Morgan fingerprint density at radius 3 is 1.15 bits per heavy atom. The Balaban J connectivity index is 1.25. The molecule has 0 saturated carbocycles. The highest BCUT2D eigenvalue weighted by Gasteiger charge is 2.23. The zero-order valence-electron chi connectivity index (χ0n) is 23.4. The number of hydrogen-bond acceptors (Lipinski definition) is 10. The van der Waals surface area contributed by atoms with Gasteiger partial charge >= 0.3 is 0 Å². The van der Waals surface area contributed by atoms with E-state index >= 15 is 0 Å². The van der Waals surface area contributed by atoms with Crippen molar-refractivity contribution < 1.29 is 36.2 Å². The predicted molar refractivity (Wildman–Crippen MR) is 171 cm³/mol. The van der Waals surface area contributed by atoms with Crippen molar-refractivity contribution in [3.05, 3.63) is 109 Å². The molecule has 12 nitrogen and oxygen atoms in total. The highest BCUT2D eigenvalue weighted by atomic mass is 32.2. The van der Waals surface area contributed by atoms with E-state index in [0.29, 0.717) is 32.9 Å². The fourth-order valence-electron chi connectivity index (χ4n) is 4.83. The number of benzene rings is 6. The largest absolute Gasteiger partial charge is 0.505 e. The van der Waals surface area contributed by atoms with Crippen molar-refractivity contribution in [3.63, 3.8) is 0 Å². The van der Waals surface area contributed by atoms with Crippen molar-refractivity contribution in [2.75, 3.05) is 0 Å². The molecule has 0 spiro atoms. The lowest BCUT2D eigenvalue weighted by molar-refractivity contribution is 0.471. The molecule has 0 bridgehead atoms. The molecular weight excluding hydrogens is 633 g/mol. The van der Waals surface area contributed by atoms with E-state index in [1.165, 1.54) is 12.1 Å². The Morgan fingerprint density at radius 1 is 0.457 bits per heavy atom. The minimum atomic E-state index is -4.72. The van der Waals surface area contributed by atoms with Gasteiger partial charge in [0.05, 0.1) is 11.4 Å². The molecule has 46 heavy (non-hydrogen) atoms. The minimum absolute atomic E-state index is 0.341. The number of phenolic OH excluding ortho intramolecular Hbond substituents is 2. The highest BCUT2D eigenvalue weighted by molar-refractivity contribution is 7.86. The molecule has 4 N–H and O–H groups in total. The van der Waals surface area contributed by atoms with E-state index in [2.05, 4.69) is 20.5 Å². The van der Waals surface area contributed by atoms with E-state index in [0.717, 1.165) is 11.1 Å². The Hall–Kier alpha value is -5.54. The maximum atomic E-state index is 12.0. The van der Waals surface area contributed by atoms with E-state index in [-0.39, 0.29) is 0 Å². The summed E-state index contributed by atoms with van der Waals surface area (Å²) in [4.78, 5) is -1.15. The quantitative estimate of drug-likeness (QED) is 0.0971. The summed E-state index contributed by atoms with van der Waals surface area (Å²) in [6.07, 6.45) is 0. The van der Waals surface area contributed by atoms with E-state index in [1.807, 2.05) is 0 Å². The molecule has 0 aliphatic carbocycles. The fourth-order valence-corrected chi connectivity index (χ4v) is 6.14. The van der Waals surface area contributed by atoms with Crippen LogP contribution in [-0.4, -0.2) is 36.2 Å². The molecule has 0 saturated heterocycles. The molecule has 0 fully saturated rings. The SMILES string of the molecule is O=S(=O)(O)c1cc2ccccc2c(O)c1/N=N/c1ccc(-c2ccc(/N=N/c3c(S(=O)(=O)O)cc4ccccc4c3O)cc2)cc1. The molecule has 14 heteroatoms. The number of hydrogen-bond donors (Lipinski definition) is 4. The minimum Gasteiger partial charge on any atom is -0.505 e. The van der Waals surface area contributed by atoms with Crippen LogP contribution in [0.2, 0.25) is 0 Å². The highest BCUT2D eigenvalue weighted by Crippen LogP contribution is 2.42. The van der Waals surface area contributed by atoms with Crippen LogP contribution in [0, 0.1) is 0 Å². The Labute approximate surface area is 262 Å². The van der Waals surface area contributed by atoms with Crippen molar-refractivity contribution in [2.45, 2.75) is 9.79 Å². The first kappa shape index (κ1) is 30.5. The second-order valence-corrected chi connectivity index (χ2v) is 12.8.